The van der Waals surface area contributed by atoms with Crippen LogP contribution in [0.25, 0.3) is 22.1 Å². The number of primary amides is 1. The molecular weight excluding hydrogens is 634 g/mol. The van der Waals surface area contributed by atoms with Crippen LogP contribution in [0, 0.1) is 18.8 Å². The molecule has 12 nitrogen and oxygen atoms in total. The topological polar surface area (TPSA) is 175 Å². The Labute approximate surface area is 279 Å². The Hall–Kier alpha value is -4.00. The molecule has 3 N–H and O–H groups in total. The molecule has 0 bridgehead atoms. The van der Waals surface area contributed by atoms with E-state index in [1.165, 1.54) is 0 Å². The van der Waals surface area contributed by atoms with E-state index >= 15 is 0 Å². The number of hydrogen-bond acceptors (Lipinski definition) is 9. The molecule has 0 spiro atoms. The lowest BCUT2D eigenvalue weighted by Crippen LogP contribution is -2.43. The predicted octanol–water partition coefficient (Wildman–Crippen LogP) is 4.54. The molecule has 0 unspecified atom stereocenters. The number of allylic oxidation sites excluding steroid dienone is 2. The van der Waals surface area contributed by atoms with Crippen molar-refractivity contribution in [1.82, 2.24) is 19.6 Å². The van der Waals surface area contributed by atoms with Crippen LogP contribution >= 0.6 is 0 Å². The van der Waals surface area contributed by atoms with Gasteiger partial charge in [0.25, 0.3) is 5.88 Å². The molecule has 13 heteroatoms. The van der Waals surface area contributed by atoms with Crippen molar-refractivity contribution in [3.8, 4) is 5.88 Å². The quantitative estimate of drug-likeness (QED) is 0.173. The fourth-order valence-corrected chi connectivity index (χ4v) is 8.01. The fraction of sp³-hybridized carbons (Fsp3) is 0.571. The van der Waals surface area contributed by atoms with Crippen molar-refractivity contribution in [2.24, 2.45) is 17.6 Å². The second kappa shape index (κ2) is 13.1. The molecule has 3 heterocycles. The number of aromatic nitrogens is 2. The number of nitrogens with two attached hydrogens (primary N) is 1. The summed E-state index contributed by atoms with van der Waals surface area (Å²) in [6, 6.07) is 5.21. The van der Waals surface area contributed by atoms with Crippen LogP contribution in [0.5, 0.6) is 5.88 Å². The zero-order valence-corrected chi connectivity index (χ0v) is 28.0. The first kappa shape index (κ1) is 32.5. The average molecular weight is 678 g/mol. The molecule has 4 aliphatic rings. The Balaban J connectivity index is 0.874. The fourth-order valence-electron chi connectivity index (χ4n) is 6.65. The first-order chi connectivity index (χ1) is 23.1. The van der Waals surface area contributed by atoms with Gasteiger partial charge in [0.15, 0.2) is 0 Å². The van der Waals surface area contributed by atoms with Crippen molar-refractivity contribution >= 4 is 49.8 Å². The Morgan fingerprint density at radius 1 is 1.08 bits per heavy atom. The van der Waals surface area contributed by atoms with Crippen molar-refractivity contribution < 1.29 is 32.0 Å². The predicted molar refractivity (Wildman–Crippen MR) is 178 cm³/mol. The highest BCUT2D eigenvalue weighted by atomic mass is 32.2. The number of unbranched alkanes of at least 4 members (excludes halogenated alkanes) is 4. The largest absolute Gasteiger partial charge is 0.470 e. The second-order valence-electron chi connectivity index (χ2n) is 14.0. The summed E-state index contributed by atoms with van der Waals surface area (Å²) in [7, 11) is -3.49. The van der Waals surface area contributed by atoms with Crippen molar-refractivity contribution in [2.75, 3.05) is 6.54 Å². The first-order valence-electron chi connectivity index (χ1n) is 17.3. The SMILES string of the molecule is Cc1ccc2oc3c(O[C@@H]4C[C@@H](C(N)=O)N(C(=O)CCCCCC/C=C\[C@@H]5C[C@@H]5C(=O)NS(=O)(=O)C5CC5)C4)nc(C4CC4)nc3c2c1. The zero-order chi connectivity index (χ0) is 33.6. The lowest BCUT2D eigenvalue weighted by Gasteiger charge is -2.21. The molecule has 1 aliphatic heterocycles. The Kier molecular flexibility index (Phi) is 8.90. The van der Waals surface area contributed by atoms with Gasteiger partial charge in [-0.15, -0.1) is 0 Å². The monoisotopic (exact) mass is 677 g/mol. The molecule has 7 rings (SSSR count). The maximum atomic E-state index is 13.2. The van der Waals surface area contributed by atoms with Gasteiger partial charge in [-0.25, -0.2) is 13.4 Å². The number of hydrogen-bond donors (Lipinski definition) is 2. The molecule has 2 aromatic heterocycles. The lowest BCUT2D eigenvalue weighted by molar-refractivity contribution is -0.137. The minimum Gasteiger partial charge on any atom is -0.470 e. The van der Waals surface area contributed by atoms with Gasteiger partial charge in [0, 0.05) is 30.1 Å². The van der Waals surface area contributed by atoms with E-state index < -0.39 is 33.3 Å². The van der Waals surface area contributed by atoms with Crippen molar-refractivity contribution in [3.63, 3.8) is 0 Å². The van der Waals surface area contributed by atoms with Crippen LogP contribution in [0.4, 0.5) is 0 Å². The average Bonchev–Trinajstić information content (AvgIpc) is 3.93. The van der Waals surface area contributed by atoms with E-state index in [0.717, 1.165) is 60.8 Å². The third-order valence-electron chi connectivity index (χ3n) is 9.86. The van der Waals surface area contributed by atoms with E-state index in [0.29, 0.717) is 55.1 Å². The van der Waals surface area contributed by atoms with Crippen LogP contribution in [0.15, 0.2) is 34.8 Å². The molecule has 3 amide bonds. The van der Waals surface area contributed by atoms with E-state index in [2.05, 4.69) is 10.8 Å². The molecule has 3 aliphatic carbocycles. The molecule has 256 valence electrons. The number of amides is 3. The van der Waals surface area contributed by atoms with Gasteiger partial charge in [-0.3, -0.25) is 19.1 Å². The van der Waals surface area contributed by atoms with Gasteiger partial charge in [0.2, 0.25) is 33.3 Å². The Morgan fingerprint density at radius 2 is 1.88 bits per heavy atom. The number of aryl methyl sites for hydroxylation is 1. The normalized spacial score (nSPS) is 24.1. The van der Waals surface area contributed by atoms with E-state index in [9.17, 15) is 22.8 Å². The van der Waals surface area contributed by atoms with Gasteiger partial charge < -0.3 is 19.8 Å². The summed E-state index contributed by atoms with van der Waals surface area (Å²) < 4.78 is 38.7. The maximum Gasteiger partial charge on any atom is 0.262 e. The highest BCUT2D eigenvalue weighted by Crippen LogP contribution is 2.42. The van der Waals surface area contributed by atoms with Crippen molar-refractivity contribution in [3.05, 3.63) is 41.7 Å². The minimum absolute atomic E-state index is 0.104. The molecule has 48 heavy (non-hydrogen) atoms. The van der Waals surface area contributed by atoms with Crippen LogP contribution in [-0.2, 0) is 24.4 Å². The number of carbonyl (C=O) groups excluding carboxylic acids is 3. The summed E-state index contributed by atoms with van der Waals surface area (Å²) in [5.74, 6) is 0.176. The number of nitrogens with zero attached hydrogens (tertiary/aromatic N) is 3. The number of likely N-dealkylation sites (tertiary alicyclic amines) is 1. The number of furan rings is 1. The van der Waals surface area contributed by atoms with E-state index in [1.807, 2.05) is 31.2 Å². The molecule has 3 saturated carbocycles. The van der Waals surface area contributed by atoms with E-state index in [4.69, 9.17) is 24.9 Å². The highest BCUT2D eigenvalue weighted by Gasteiger charge is 2.45. The molecule has 1 aromatic carbocycles. The van der Waals surface area contributed by atoms with Gasteiger partial charge in [-0.2, -0.15) is 4.98 Å². The summed E-state index contributed by atoms with van der Waals surface area (Å²) in [5.41, 5.74) is 8.73. The summed E-state index contributed by atoms with van der Waals surface area (Å²) in [4.78, 5) is 48.9. The Morgan fingerprint density at radius 3 is 2.62 bits per heavy atom. The van der Waals surface area contributed by atoms with Crippen LogP contribution in [0.1, 0.15) is 94.4 Å². The number of rotatable bonds is 15. The van der Waals surface area contributed by atoms with E-state index in [-0.39, 0.29) is 36.6 Å². The number of fused-ring (bicyclic) bond motifs is 3. The standard InChI is InChI=1S/C35H43N5O7S/c1-20-10-15-28-26(16-20)30-31(47-28)35(38-33(37-30)21-11-12-21)46-23-18-27(32(36)42)40(19-23)29(41)9-7-5-3-2-4-6-8-22-17-25(22)34(43)39-48(44,45)24-13-14-24/h6,8,10,15-16,21-25,27H,2-5,7,9,11-14,17-19H2,1H3,(H2,36,42)(H,39,43)/b8-6-/t22-,23-,25+,27+/m1/s1. The van der Waals surface area contributed by atoms with Gasteiger partial charge in [0.05, 0.1) is 11.8 Å². The third kappa shape index (κ3) is 7.20. The smallest absolute Gasteiger partial charge is 0.262 e. The van der Waals surface area contributed by atoms with Crippen molar-refractivity contribution in [1.29, 1.82) is 0 Å². The van der Waals surface area contributed by atoms with Gasteiger partial charge in [-0.05, 0) is 76.3 Å². The van der Waals surface area contributed by atoms with E-state index in [1.54, 1.807) is 4.90 Å². The number of ether oxygens (including phenoxy) is 1. The van der Waals surface area contributed by atoms with Crippen LogP contribution < -0.4 is 15.2 Å². The maximum absolute atomic E-state index is 13.2. The molecule has 4 fully saturated rings. The summed E-state index contributed by atoms with van der Waals surface area (Å²) in [6.45, 7) is 2.27. The number of benzene rings is 1. The molecule has 1 saturated heterocycles. The van der Waals surface area contributed by atoms with Gasteiger partial charge >= 0.3 is 0 Å². The lowest BCUT2D eigenvalue weighted by atomic mass is 10.1. The van der Waals surface area contributed by atoms with Gasteiger partial charge in [-0.1, -0.05) is 36.6 Å². The second-order valence-corrected chi connectivity index (χ2v) is 15.9. The number of sulfonamides is 1. The third-order valence-corrected chi connectivity index (χ3v) is 11.7. The van der Waals surface area contributed by atoms with Crippen LogP contribution in [0.2, 0.25) is 0 Å². The first-order valence-corrected chi connectivity index (χ1v) is 18.8. The summed E-state index contributed by atoms with van der Waals surface area (Å²) in [5, 5.41) is 0.513. The van der Waals surface area contributed by atoms with Gasteiger partial charge in [0.1, 0.15) is 29.1 Å². The van der Waals surface area contributed by atoms with Crippen LogP contribution in [-0.4, -0.2) is 64.9 Å². The molecule has 3 aromatic rings. The Bertz CT molecular complexity index is 1880. The minimum atomic E-state index is -3.49. The number of carbonyl (C=O) groups is 3. The summed E-state index contributed by atoms with van der Waals surface area (Å²) in [6.07, 6.45) is 12.6. The molecule has 4 atom stereocenters. The van der Waals surface area contributed by atoms with Crippen molar-refractivity contribution in [2.45, 2.75) is 107 Å². The summed E-state index contributed by atoms with van der Waals surface area (Å²) >= 11 is 0. The molecule has 0 radical (unpaired) electrons. The number of nitrogens with one attached hydrogen (secondary N) is 1. The molecular formula is C35H43N5O7S. The highest BCUT2D eigenvalue weighted by molar-refractivity contribution is 7.90. The van der Waals surface area contributed by atoms with Crippen LogP contribution in [0.3, 0.4) is 0 Å². The zero-order valence-electron chi connectivity index (χ0n) is 27.2.